The Morgan fingerprint density at radius 3 is 2.61 bits per heavy atom. The van der Waals surface area contributed by atoms with Gasteiger partial charge in [0.25, 0.3) is 0 Å². The lowest BCUT2D eigenvalue weighted by atomic mass is 9.82. The maximum Gasteiger partial charge on any atom is 0.123 e. The minimum Gasteiger partial charge on any atom is -0.385 e. The van der Waals surface area contributed by atoms with Gasteiger partial charge in [-0.3, -0.25) is 0 Å². The maximum absolute atomic E-state index is 13.4. The summed E-state index contributed by atoms with van der Waals surface area (Å²) in [5.74, 6) is -0.341. The maximum atomic E-state index is 13.4. The summed E-state index contributed by atoms with van der Waals surface area (Å²) in [5, 5.41) is 11.3. The van der Waals surface area contributed by atoms with Crippen LogP contribution >= 0.6 is 11.6 Å². The van der Waals surface area contributed by atoms with Crippen molar-refractivity contribution >= 4 is 11.6 Å². The summed E-state index contributed by atoms with van der Waals surface area (Å²) in [6.07, 6.45) is 4.25. The van der Waals surface area contributed by atoms with E-state index >= 15 is 0 Å². The second-order valence-electron chi connectivity index (χ2n) is 6.17. The summed E-state index contributed by atoms with van der Waals surface area (Å²) in [6, 6.07) is 4.23. The van der Waals surface area contributed by atoms with E-state index in [0.29, 0.717) is 23.4 Å². The summed E-state index contributed by atoms with van der Waals surface area (Å²) in [6.45, 7) is 4.43. The van der Waals surface area contributed by atoms with Gasteiger partial charge >= 0.3 is 0 Å². The van der Waals surface area contributed by atoms with Crippen molar-refractivity contribution in [3.63, 3.8) is 0 Å². The molecule has 0 bridgehead atoms. The molecule has 0 aromatic heterocycles. The first-order valence-electron chi connectivity index (χ1n) is 6.50. The zero-order valence-corrected chi connectivity index (χ0v) is 11.7. The Balaban J connectivity index is 2.33. The highest BCUT2D eigenvalue weighted by atomic mass is 35.5. The third-order valence-electron chi connectivity index (χ3n) is 4.09. The van der Waals surface area contributed by atoms with E-state index in [1.807, 2.05) is 0 Å². The first-order chi connectivity index (χ1) is 8.32. The second kappa shape index (κ2) is 4.82. The number of hydrogen-bond donors (Lipinski definition) is 1. The van der Waals surface area contributed by atoms with Gasteiger partial charge < -0.3 is 5.11 Å². The van der Waals surface area contributed by atoms with Crippen LogP contribution < -0.4 is 0 Å². The van der Waals surface area contributed by atoms with Gasteiger partial charge in [0.1, 0.15) is 5.82 Å². The van der Waals surface area contributed by atoms with E-state index in [4.69, 9.17) is 11.6 Å². The molecule has 1 unspecified atom stereocenters. The molecule has 1 aromatic rings. The van der Waals surface area contributed by atoms with Crippen molar-refractivity contribution in [1.29, 1.82) is 0 Å². The van der Waals surface area contributed by atoms with Crippen LogP contribution in [-0.4, -0.2) is 5.11 Å². The Hall–Kier alpha value is -0.600. The molecule has 1 aromatic carbocycles. The number of rotatable bonds is 1. The molecule has 1 aliphatic carbocycles. The molecule has 0 radical (unpaired) electrons. The minimum absolute atomic E-state index is 0.240. The van der Waals surface area contributed by atoms with Crippen LogP contribution in [-0.2, 0) is 5.60 Å². The molecular formula is C15H20ClFO. The molecule has 2 rings (SSSR count). The molecule has 1 fully saturated rings. The summed E-state index contributed by atoms with van der Waals surface area (Å²) in [7, 11) is 0. The van der Waals surface area contributed by atoms with Crippen LogP contribution in [0.15, 0.2) is 18.2 Å². The van der Waals surface area contributed by atoms with Crippen LogP contribution in [0.25, 0.3) is 0 Å². The number of aliphatic hydroxyl groups is 1. The summed E-state index contributed by atoms with van der Waals surface area (Å²) in [5.41, 5.74) is -0.195. The first-order valence-corrected chi connectivity index (χ1v) is 6.88. The van der Waals surface area contributed by atoms with E-state index in [1.165, 1.54) is 18.2 Å². The highest BCUT2D eigenvalue weighted by Crippen LogP contribution is 2.44. The van der Waals surface area contributed by atoms with Crippen molar-refractivity contribution in [3.8, 4) is 0 Å². The van der Waals surface area contributed by atoms with Gasteiger partial charge in [-0.25, -0.2) is 4.39 Å². The molecule has 0 heterocycles. The Labute approximate surface area is 113 Å². The molecule has 0 spiro atoms. The van der Waals surface area contributed by atoms with Gasteiger partial charge in [-0.05, 0) is 55.7 Å². The Kier molecular flexibility index (Phi) is 3.70. The quantitative estimate of drug-likeness (QED) is 0.736. The third-order valence-corrected chi connectivity index (χ3v) is 4.42. The van der Waals surface area contributed by atoms with E-state index in [9.17, 15) is 9.50 Å². The predicted octanol–water partition coefficient (Wildman–Crippen LogP) is 4.66. The van der Waals surface area contributed by atoms with Crippen molar-refractivity contribution in [1.82, 2.24) is 0 Å². The molecule has 1 saturated carbocycles. The predicted molar refractivity (Wildman–Crippen MR) is 72.2 cm³/mol. The molecule has 1 atom stereocenters. The second-order valence-corrected chi connectivity index (χ2v) is 6.58. The lowest BCUT2D eigenvalue weighted by molar-refractivity contribution is 0.0178. The standard InChI is InChI=1S/C15H20ClFO/c1-14(2)6-3-7-15(18,9-8-14)12-10-11(17)4-5-13(12)16/h4-5,10,18H,3,6-9H2,1-2H3. The lowest BCUT2D eigenvalue weighted by Crippen LogP contribution is -2.26. The van der Waals surface area contributed by atoms with Crippen LogP contribution in [0.5, 0.6) is 0 Å². The Morgan fingerprint density at radius 2 is 1.89 bits per heavy atom. The normalized spacial score (nSPS) is 27.8. The van der Waals surface area contributed by atoms with Gasteiger partial charge in [-0.1, -0.05) is 25.4 Å². The summed E-state index contributed by atoms with van der Waals surface area (Å²) >= 11 is 6.12. The van der Waals surface area contributed by atoms with Crippen LogP contribution in [0.4, 0.5) is 4.39 Å². The molecule has 0 amide bonds. The summed E-state index contributed by atoms with van der Waals surface area (Å²) < 4.78 is 13.4. The van der Waals surface area contributed by atoms with Crippen molar-refractivity contribution in [2.24, 2.45) is 5.41 Å². The van der Waals surface area contributed by atoms with Gasteiger partial charge in [0.15, 0.2) is 0 Å². The molecule has 3 heteroatoms. The van der Waals surface area contributed by atoms with E-state index in [-0.39, 0.29) is 11.2 Å². The largest absolute Gasteiger partial charge is 0.385 e. The smallest absolute Gasteiger partial charge is 0.123 e. The Bertz CT molecular complexity index is 444. The van der Waals surface area contributed by atoms with E-state index < -0.39 is 5.60 Å². The van der Waals surface area contributed by atoms with Crippen molar-refractivity contribution in [3.05, 3.63) is 34.6 Å². The first kappa shape index (κ1) is 13.8. The molecule has 100 valence electrons. The van der Waals surface area contributed by atoms with Crippen molar-refractivity contribution < 1.29 is 9.50 Å². The van der Waals surface area contributed by atoms with E-state index in [0.717, 1.165) is 19.3 Å². The molecule has 1 nitrogen and oxygen atoms in total. The molecule has 0 aliphatic heterocycles. The number of halogens is 2. The third kappa shape index (κ3) is 2.86. The zero-order valence-electron chi connectivity index (χ0n) is 11.0. The highest BCUT2D eigenvalue weighted by molar-refractivity contribution is 6.31. The molecule has 18 heavy (non-hydrogen) atoms. The van der Waals surface area contributed by atoms with E-state index in [1.54, 1.807) is 0 Å². The Morgan fingerprint density at radius 1 is 1.17 bits per heavy atom. The summed E-state index contributed by atoms with van der Waals surface area (Å²) in [4.78, 5) is 0. The number of benzene rings is 1. The van der Waals surface area contributed by atoms with E-state index in [2.05, 4.69) is 13.8 Å². The molecule has 1 aliphatic rings. The van der Waals surface area contributed by atoms with Crippen LogP contribution in [0.2, 0.25) is 5.02 Å². The highest BCUT2D eigenvalue weighted by Gasteiger charge is 2.36. The van der Waals surface area contributed by atoms with Gasteiger partial charge in [0.2, 0.25) is 0 Å². The van der Waals surface area contributed by atoms with Crippen LogP contribution in [0.1, 0.15) is 51.5 Å². The number of hydrogen-bond acceptors (Lipinski definition) is 1. The van der Waals surface area contributed by atoms with Gasteiger partial charge in [0, 0.05) is 10.6 Å². The SMILES string of the molecule is CC1(C)CCCC(O)(c2cc(F)ccc2Cl)CC1. The lowest BCUT2D eigenvalue weighted by Gasteiger charge is -2.29. The fourth-order valence-corrected chi connectivity index (χ4v) is 3.07. The van der Waals surface area contributed by atoms with Gasteiger partial charge in [0.05, 0.1) is 5.60 Å². The molecule has 1 N–H and O–H groups in total. The molecular weight excluding hydrogens is 251 g/mol. The van der Waals surface area contributed by atoms with Crippen molar-refractivity contribution in [2.45, 2.75) is 51.6 Å². The average molecular weight is 271 g/mol. The topological polar surface area (TPSA) is 20.2 Å². The van der Waals surface area contributed by atoms with Crippen LogP contribution in [0, 0.1) is 11.2 Å². The fourth-order valence-electron chi connectivity index (χ4n) is 2.78. The van der Waals surface area contributed by atoms with Gasteiger partial charge in [-0.2, -0.15) is 0 Å². The minimum atomic E-state index is -0.979. The monoisotopic (exact) mass is 270 g/mol. The van der Waals surface area contributed by atoms with Crippen LogP contribution in [0.3, 0.4) is 0 Å². The average Bonchev–Trinajstić information content (AvgIpc) is 2.42. The zero-order chi connectivity index (χ0) is 13.4. The van der Waals surface area contributed by atoms with Crippen molar-refractivity contribution in [2.75, 3.05) is 0 Å². The molecule has 0 saturated heterocycles. The fraction of sp³-hybridized carbons (Fsp3) is 0.600. The van der Waals surface area contributed by atoms with Gasteiger partial charge in [-0.15, -0.1) is 0 Å².